The molecule has 0 heterocycles. The van der Waals surface area contributed by atoms with Crippen LogP contribution in [0.25, 0.3) is 0 Å². The number of halogens is 3. The Morgan fingerprint density at radius 2 is 1.25 bits per heavy atom. The fourth-order valence-electron chi connectivity index (χ4n) is 4.65. The Labute approximate surface area is 201 Å². The Kier molecular flexibility index (Phi) is 10.1. The van der Waals surface area contributed by atoms with Crippen LogP contribution in [0, 0.1) is 6.92 Å². The average molecular weight is 486 g/mol. The smallest absolute Gasteiger partial charge is 1.00 e. The van der Waals surface area contributed by atoms with Crippen molar-refractivity contribution in [3.05, 3.63) is 80.8 Å². The number of rotatable bonds is 3. The first-order valence-corrected chi connectivity index (χ1v) is 12.3. The van der Waals surface area contributed by atoms with E-state index in [-0.39, 0.29) is 42.3 Å². The minimum atomic E-state index is -2.06. The van der Waals surface area contributed by atoms with Crippen molar-refractivity contribution < 1.29 is 57.7 Å². The van der Waals surface area contributed by atoms with Crippen LogP contribution in [0.2, 0.25) is 11.6 Å². The monoisotopic (exact) mass is 484 g/mol. The molecule has 2 unspecified atom stereocenters. The van der Waals surface area contributed by atoms with Gasteiger partial charge in [0.05, 0.1) is 0 Å². The second kappa shape index (κ2) is 10.2. The van der Waals surface area contributed by atoms with Crippen molar-refractivity contribution in [2.45, 2.75) is 46.2 Å². The minimum absolute atomic E-state index is 0. The van der Waals surface area contributed by atoms with Crippen molar-refractivity contribution in [1.29, 1.82) is 0 Å². The summed E-state index contributed by atoms with van der Waals surface area (Å²) in [6.45, 7) is 14.3. The van der Waals surface area contributed by atoms with Crippen molar-refractivity contribution in [3.63, 3.8) is 0 Å². The maximum absolute atomic E-state index is 2.57. The molecule has 28 heavy (non-hydrogen) atoms. The fraction of sp³-hybridized carbons (Fsp3) is 0.304. The summed E-state index contributed by atoms with van der Waals surface area (Å²) < 4.78 is 1.56. The zero-order valence-corrected chi connectivity index (χ0v) is 22.2. The third kappa shape index (κ3) is 3.87. The Morgan fingerprint density at radius 3 is 1.71 bits per heavy atom. The number of hydrogen-bond donors (Lipinski definition) is 0. The Hall–Kier alpha value is -0.279. The molecular formula is C23H27Cl3SiTi. The van der Waals surface area contributed by atoms with Crippen LogP contribution in [0.4, 0.5) is 0 Å². The van der Waals surface area contributed by atoms with Gasteiger partial charge in [0.2, 0.25) is 0 Å². The quantitative estimate of drug-likeness (QED) is 0.391. The van der Waals surface area contributed by atoms with E-state index in [4.69, 9.17) is 0 Å². The van der Waals surface area contributed by atoms with Crippen LogP contribution in [0.15, 0.2) is 75.2 Å². The van der Waals surface area contributed by atoms with Gasteiger partial charge in [0, 0.05) is 0 Å². The maximum Gasteiger partial charge on any atom is -1.00 e. The summed E-state index contributed by atoms with van der Waals surface area (Å²) >= 11 is 2.36. The van der Waals surface area contributed by atoms with Crippen molar-refractivity contribution >= 4 is 18.4 Å². The first kappa shape index (κ1) is 27.7. The van der Waals surface area contributed by atoms with Crippen molar-refractivity contribution in [3.8, 4) is 0 Å². The van der Waals surface area contributed by atoms with Crippen molar-refractivity contribution in [2.24, 2.45) is 0 Å². The van der Waals surface area contributed by atoms with Gasteiger partial charge in [-0.1, -0.05) is 0 Å². The van der Waals surface area contributed by atoms with Gasteiger partial charge in [-0.25, -0.2) is 0 Å². The summed E-state index contributed by atoms with van der Waals surface area (Å²) in [7, 11) is -2.06. The van der Waals surface area contributed by atoms with E-state index in [1.165, 1.54) is 21.9 Å². The van der Waals surface area contributed by atoms with Gasteiger partial charge in [0.15, 0.2) is 0 Å². The molecule has 0 radical (unpaired) electrons. The SMILES string of the molecule is CC1=C(C)C(C)([Si](C)(c2ccccc2)c2ccccc2C)[C]([Ti+3])=C1C.[Cl-].[Cl-].[Cl-]. The zero-order valence-electron chi connectivity index (χ0n) is 17.3. The second-order valence-electron chi connectivity index (χ2n) is 7.68. The van der Waals surface area contributed by atoms with E-state index < -0.39 is 8.07 Å². The topological polar surface area (TPSA) is 0 Å². The molecule has 0 N–H and O–H groups in total. The summed E-state index contributed by atoms with van der Waals surface area (Å²) in [5.41, 5.74) is 5.96. The molecule has 0 saturated carbocycles. The molecule has 1 aliphatic rings. The molecule has 148 valence electrons. The van der Waals surface area contributed by atoms with Crippen LogP contribution >= 0.6 is 0 Å². The largest absolute Gasteiger partial charge is 1.00 e. The van der Waals surface area contributed by atoms with Gasteiger partial charge < -0.3 is 37.2 Å². The number of aryl methyl sites for hydroxylation is 1. The number of benzene rings is 2. The second-order valence-corrected chi connectivity index (χ2v) is 12.8. The molecule has 0 fully saturated rings. The Morgan fingerprint density at radius 1 is 0.750 bits per heavy atom. The van der Waals surface area contributed by atoms with Crippen LogP contribution in [0.1, 0.15) is 33.3 Å². The third-order valence-corrected chi connectivity index (χ3v) is 14.3. The molecule has 0 nitrogen and oxygen atoms in total. The molecular weight excluding hydrogens is 459 g/mol. The molecule has 0 saturated heterocycles. The van der Waals surface area contributed by atoms with E-state index in [1.54, 1.807) is 14.6 Å². The summed E-state index contributed by atoms with van der Waals surface area (Å²) in [4.78, 5) is 0. The van der Waals surface area contributed by atoms with Crippen LogP contribution in [0.5, 0.6) is 0 Å². The molecule has 2 aromatic rings. The van der Waals surface area contributed by atoms with E-state index in [1.807, 2.05) is 0 Å². The standard InChI is InChI=1S/C23H27Si.3ClH.Ti/c1-17-12-10-11-15-22(17)24(6,21-13-8-7-9-14-21)23(5)16-18(2)19(3)20(23)4;;;;/h7-15H,1-6H3;3*1H;/q;;;;+3/p-3. The van der Waals surface area contributed by atoms with Gasteiger partial charge in [-0.3, -0.25) is 0 Å². The molecule has 0 aliphatic heterocycles. The van der Waals surface area contributed by atoms with E-state index in [0.29, 0.717) is 0 Å². The van der Waals surface area contributed by atoms with E-state index in [0.717, 1.165) is 0 Å². The molecule has 0 bridgehead atoms. The normalized spacial score (nSPS) is 20.7. The first-order chi connectivity index (χ1) is 11.8. The van der Waals surface area contributed by atoms with E-state index in [2.05, 4.69) is 116 Å². The molecule has 2 aromatic carbocycles. The third-order valence-electron chi connectivity index (χ3n) is 6.78. The van der Waals surface area contributed by atoms with Crippen molar-refractivity contribution in [1.82, 2.24) is 0 Å². The van der Waals surface area contributed by atoms with Gasteiger partial charge in [-0.2, -0.15) is 0 Å². The molecule has 0 amide bonds. The average Bonchev–Trinajstić information content (AvgIpc) is 2.78. The number of allylic oxidation sites excluding steroid dienone is 4. The maximum atomic E-state index is 2.57. The van der Waals surface area contributed by atoms with Crippen LogP contribution in [-0.2, 0) is 20.4 Å². The molecule has 5 heteroatoms. The van der Waals surface area contributed by atoms with Gasteiger partial charge in [-0.05, 0) is 0 Å². The zero-order chi connectivity index (χ0) is 18.4. The number of hydrogen-bond acceptors (Lipinski definition) is 0. The van der Waals surface area contributed by atoms with Crippen LogP contribution < -0.4 is 47.6 Å². The van der Waals surface area contributed by atoms with Gasteiger partial charge in [0.1, 0.15) is 0 Å². The summed E-state index contributed by atoms with van der Waals surface area (Å²) in [6, 6.07) is 20.3. The van der Waals surface area contributed by atoms with E-state index >= 15 is 0 Å². The predicted octanol–water partition coefficient (Wildman–Crippen LogP) is -3.87. The fourth-order valence-corrected chi connectivity index (χ4v) is 11.6. The van der Waals surface area contributed by atoms with Crippen LogP contribution in [0.3, 0.4) is 0 Å². The van der Waals surface area contributed by atoms with Crippen molar-refractivity contribution in [2.75, 3.05) is 0 Å². The molecule has 3 rings (SSSR count). The van der Waals surface area contributed by atoms with Gasteiger partial charge in [-0.15, -0.1) is 0 Å². The Bertz CT molecular complexity index is 866. The molecule has 0 spiro atoms. The summed E-state index contributed by atoms with van der Waals surface area (Å²) in [5.74, 6) is 0. The molecule has 1 aliphatic carbocycles. The summed E-state index contributed by atoms with van der Waals surface area (Å²) in [6.07, 6.45) is 0. The Balaban J connectivity index is 0.00000243. The summed E-state index contributed by atoms with van der Waals surface area (Å²) in [5, 5.41) is 3.19. The minimum Gasteiger partial charge on any atom is -1.00 e. The van der Waals surface area contributed by atoms with Crippen LogP contribution in [-0.4, -0.2) is 8.07 Å². The van der Waals surface area contributed by atoms with Gasteiger partial charge in [0.25, 0.3) is 0 Å². The van der Waals surface area contributed by atoms with E-state index in [9.17, 15) is 0 Å². The molecule has 0 aromatic heterocycles. The first-order valence-electron chi connectivity index (χ1n) is 8.99. The predicted molar refractivity (Wildman–Crippen MR) is 108 cm³/mol. The molecule has 2 atom stereocenters. The van der Waals surface area contributed by atoms with Gasteiger partial charge >= 0.3 is 166 Å².